The highest BCUT2D eigenvalue weighted by molar-refractivity contribution is 7.89. The van der Waals surface area contributed by atoms with Gasteiger partial charge in [0, 0.05) is 13.6 Å². The standard InChI is InChI=1S/C9H12FNO2S/c1-3-11(2)14(12,13)9-6-4-8(10)5-7-9/h4-7H,3H2,1-2H3. The fourth-order valence-corrected chi connectivity index (χ4v) is 2.14. The van der Waals surface area contributed by atoms with Gasteiger partial charge < -0.3 is 0 Å². The minimum absolute atomic E-state index is 0.114. The van der Waals surface area contributed by atoms with E-state index < -0.39 is 15.8 Å². The van der Waals surface area contributed by atoms with E-state index in [4.69, 9.17) is 0 Å². The zero-order valence-corrected chi connectivity index (χ0v) is 8.88. The lowest BCUT2D eigenvalue weighted by atomic mass is 10.4. The Balaban J connectivity index is 3.11. The summed E-state index contributed by atoms with van der Waals surface area (Å²) < 4.78 is 37.1. The van der Waals surface area contributed by atoms with Crippen molar-refractivity contribution in [2.24, 2.45) is 0 Å². The van der Waals surface area contributed by atoms with Crippen molar-refractivity contribution in [1.29, 1.82) is 0 Å². The second kappa shape index (κ2) is 4.06. The van der Waals surface area contributed by atoms with Crippen molar-refractivity contribution < 1.29 is 12.8 Å². The lowest BCUT2D eigenvalue weighted by Gasteiger charge is -2.14. The lowest BCUT2D eigenvalue weighted by Crippen LogP contribution is -2.26. The number of halogens is 1. The first-order valence-corrected chi connectivity index (χ1v) is 5.64. The number of sulfonamides is 1. The van der Waals surface area contributed by atoms with E-state index >= 15 is 0 Å². The van der Waals surface area contributed by atoms with Gasteiger partial charge in [0.1, 0.15) is 5.82 Å². The molecule has 0 aliphatic heterocycles. The molecule has 0 radical (unpaired) electrons. The summed E-state index contributed by atoms with van der Waals surface area (Å²) in [6, 6.07) is 4.79. The van der Waals surface area contributed by atoms with Crippen LogP contribution < -0.4 is 0 Å². The summed E-state index contributed by atoms with van der Waals surface area (Å²) in [6.07, 6.45) is 0. The smallest absolute Gasteiger partial charge is 0.207 e. The monoisotopic (exact) mass is 217 g/mol. The molecule has 78 valence electrons. The molecule has 1 rings (SSSR count). The largest absolute Gasteiger partial charge is 0.242 e. The van der Waals surface area contributed by atoms with Gasteiger partial charge in [-0.3, -0.25) is 0 Å². The topological polar surface area (TPSA) is 37.4 Å². The number of rotatable bonds is 3. The maximum atomic E-state index is 12.5. The first kappa shape index (κ1) is 11.1. The van der Waals surface area contributed by atoms with Crippen molar-refractivity contribution >= 4 is 10.0 Å². The van der Waals surface area contributed by atoms with Gasteiger partial charge in [-0.15, -0.1) is 0 Å². The van der Waals surface area contributed by atoms with Gasteiger partial charge in [-0.25, -0.2) is 17.1 Å². The molecule has 0 aromatic heterocycles. The molecule has 5 heteroatoms. The van der Waals surface area contributed by atoms with Gasteiger partial charge in [0.05, 0.1) is 4.90 Å². The Bertz CT molecular complexity index is 399. The second-order valence-electron chi connectivity index (χ2n) is 2.87. The van der Waals surface area contributed by atoms with Crippen LogP contribution in [0.5, 0.6) is 0 Å². The van der Waals surface area contributed by atoms with Gasteiger partial charge in [-0.1, -0.05) is 6.92 Å². The Hall–Kier alpha value is -0.940. The molecule has 3 nitrogen and oxygen atoms in total. The minimum atomic E-state index is -3.44. The summed E-state index contributed by atoms with van der Waals surface area (Å²) in [5, 5.41) is 0. The van der Waals surface area contributed by atoms with Crippen LogP contribution in [0, 0.1) is 5.82 Å². The van der Waals surface area contributed by atoms with Crippen LogP contribution >= 0.6 is 0 Å². The molecular weight excluding hydrogens is 205 g/mol. The van der Waals surface area contributed by atoms with Crippen molar-refractivity contribution in [1.82, 2.24) is 4.31 Å². The fourth-order valence-electron chi connectivity index (χ4n) is 0.956. The van der Waals surface area contributed by atoms with E-state index in [1.54, 1.807) is 6.92 Å². The van der Waals surface area contributed by atoms with Crippen LogP contribution in [-0.2, 0) is 10.0 Å². The Kier molecular flexibility index (Phi) is 3.23. The van der Waals surface area contributed by atoms with Crippen LogP contribution in [0.2, 0.25) is 0 Å². The molecule has 0 saturated carbocycles. The highest BCUT2D eigenvalue weighted by Crippen LogP contribution is 2.13. The predicted molar refractivity (Wildman–Crippen MR) is 51.9 cm³/mol. The fraction of sp³-hybridized carbons (Fsp3) is 0.333. The van der Waals surface area contributed by atoms with Gasteiger partial charge in [0.15, 0.2) is 0 Å². The van der Waals surface area contributed by atoms with Crippen LogP contribution in [0.15, 0.2) is 29.2 Å². The van der Waals surface area contributed by atoms with Gasteiger partial charge in [0.2, 0.25) is 10.0 Å². The molecule has 0 atom stereocenters. The van der Waals surface area contributed by atoms with Crippen LogP contribution in [-0.4, -0.2) is 26.3 Å². The minimum Gasteiger partial charge on any atom is -0.207 e. The number of hydrogen-bond donors (Lipinski definition) is 0. The Labute approximate surface area is 83.2 Å². The van der Waals surface area contributed by atoms with Gasteiger partial charge in [-0.2, -0.15) is 0 Å². The number of benzene rings is 1. The van der Waals surface area contributed by atoms with E-state index in [1.807, 2.05) is 0 Å². The van der Waals surface area contributed by atoms with E-state index in [-0.39, 0.29) is 4.90 Å². The van der Waals surface area contributed by atoms with Crippen LogP contribution in [0.3, 0.4) is 0 Å². The normalized spacial score (nSPS) is 12.0. The first-order chi connectivity index (χ1) is 6.48. The van der Waals surface area contributed by atoms with Crippen molar-refractivity contribution in [3.05, 3.63) is 30.1 Å². The van der Waals surface area contributed by atoms with E-state index in [1.165, 1.54) is 23.5 Å². The third-order valence-corrected chi connectivity index (χ3v) is 3.91. The first-order valence-electron chi connectivity index (χ1n) is 4.20. The van der Waals surface area contributed by atoms with Crippen LogP contribution in [0.25, 0.3) is 0 Å². The summed E-state index contributed by atoms with van der Waals surface area (Å²) in [4.78, 5) is 0.114. The van der Waals surface area contributed by atoms with Crippen molar-refractivity contribution in [2.75, 3.05) is 13.6 Å². The SMILES string of the molecule is CCN(C)S(=O)(=O)c1ccc(F)cc1. The average Bonchev–Trinajstić information content (AvgIpc) is 2.17. The third-order valence-electron chi connectivity index (χ3n) is 1.97. The quantitative estimate of drug-likeness (QED) is 0.768. The zero-order valence-electron chi connectivity index (χ0n) is 8.07. The molecule has 1 aromatic carbocycles. The highest BCUT2D eigenvalue weighted by Gasteiger charge is 2.18. The highest BCUT2D eigenvalue weighted by atomic mass is 32.2. The Morgan fingerprint density at radius 3 is 2.21 bits per heavy atom. The molecule has 1 aromatic rings. The molecule has 0 unspecified atom stereocenters. The zero-order chi connectivity index (χ0) is 10.8. The van der Waals surface area contributed by atoms with E-state index in [0.717, 1.165) is 12.1 Å². The van der Waals surface area contributed by atoms with Crippen molar-refractivity contribution in [3.8, 4) is 0 Å². The average molecular weight is 217 g/mol. The molecule has 0 N–H and O–H groups in total. The summed E-state index contributed by atoms with van der Waals surface area (Å²) in [5.74, 6) is -0.442. The maximum Gasteiger partial charge on any atom is 0.242 e. The molecular formula is C9H12FNO2S. The van der Waals surface area contributed by atoms with Crippen molar-refractivity contribution in [3.63, 3.8) is 0 Å². The van der Waals surface area contributed by atoms with E-state index in [2.05, 4.69) is 0 Å². The summed E-state index contributed by atoms with van der Waals surface area (Å²) in [6.45, 7) is 2.13. The molecule has 0 bridgehead atoms. The van der Waals surface area contributed by atoms with Crippen LogP contribution in [0.4, 0.5) is 4.39 Å². The Morgan fingerprint density at radius 1 is 1.29 bits per heavy atom. The molecule has 0 saturated heterocycles. The van der Waals surface area contributed by atoms with E-state index in [9.17, 15) is 12.8 Å². The molecule has 0 aliphatic carbocycles. The third kappa shape index (κ3) is 2.10. The van der Waals surface area contributed by atoms with Gasteiger partial charge >= 0.3 is 0 Å². The second-order valence-corrected chi connectivity index (χ2v) is 4.92. The molecule has 0 amide bonds. The molecule has 0 aliphatic rings. The number of nitrogens with zero attached hydrogens (tertiary/aromatic N) is 1. The summed E-state index contributed by atoms with van der Waals surface area (Å²) in [7, 11) is -1.95. The molecule has 0 fully saturated rings. The van der Waals surface area contributed by atoms with Gasteiger partial charge in [-0.05, 0) is 24.3 Å². The van der Waals surface area contributed by atoms with Crippen LogP contribution in [0.1, 0.15) is 6.92 Å². The van der Waals surface area contributed by atoms with Crippen molar-refractivity contribution in [2.45, 2.75) is 11.8 Å². The Morgan fingerprint density at radius 2 is 1.79 bits per heavy atom. The summed E-state index contributed by atoms with van der Waals surface area (Å²) in [5.41, 5.74) is 0. The molecule has 0 heterocycles. The molecule has 0 spiro atoms. The van der Waals surface area contributed by atoms with E-state index in [0.29, 0.717) is 6.54 Å². The summed E-state index contributed by atoms with van der Waals surface area (Å²) >= 11 is 0. The molecule has 14 heavy (non-hydrogen) atoms. The number of hydrogen-bond acceptors (Lipinski definition) is 2. The van der Waals surface area contributed by atoms with Gasteiger partial charge in [0.25, 0.3) is 0 Å². The predicted octanol–water partition coefficient (Wildman–Crippen LogP) is 1.47. The lowest BCUT2D eigenvalue weighted by molar-refractivity contribution is 0.486. The maximum absolute atomic E-state index is 12.5.